The fourth-order valence-corrected chi connectivity index (χ4v) is 1.61. The first-order chi connectivity index (χ1) is 8.72. The second-order valence-electron chi connectivity index (χ2n) is 3.73. The Labute approximate surface area is 105 Å². The van der Waals surface area contributed by atoms with E-state index in [9.17, 15) is 4.79 Å². The minimum absolute atomic E-state index is 0.200. The van der Waals surface area contributed by atoms with Crippen LogP contribution in [0.2, 0.25) is 0 Å². The summed E-state index contributed by atoms with van der Waals surface area (Å²) in [6.07, 6.45) is 3.02. The van der Waals surface area contributed by atoms with Crippen molar-refractivity contribution >= 4 is 17.0 Å². The Hall–Kier alpha value is -2.30. The van der Waals surface area contributed by atoms with Gasteiger partial charge in [0.1, 0.15) is 13.2 Å². The van der Waals surface area contributed by atoms with Crippen LogP contribution < -0.4 is 0 Å². The van der Waals surface area contributed by atoms with Crippen molar-refractivity contribution in [1.29, 1.82) is 0 Å². The van der Waals surface area contributed by atoms with Gasteiger partial charge in [0.25, 0.3) is 0 Å². The fraction of sp³-hybridized carbons (Fsp3) is 0.231. The van der Waals surface area contributed by atoms with Gasteiger partial charge >= 0.3 is 5.97 Å². The Kier molecular flexibility index (Phi) is 3.62. The Morgan fingerprint density at radius 2 is 2.33 bits per heavy atom. The lowest BCUT2D eigenvalue weighted by molar-refractivity contribution is 0.0421. The van der Waals surface area contributed by atoms with Crippen LogP contribution in [-0.4, -0.2) is 28.7 Å². The summed E-state index contributed by atoms with van der Waals surface area (Å²) in [7, 11) is 1.90. The van der Waals surface area contributed by atoms with Gasteiger partial charge in [0.15, 0.2) is 0 Å². The minimum atomic E-state index is -0.379. The zero-order valence-corrected chi connectivity index (χ0v) is 10.1. The lowest BCUT2D eigenvalue weighted by atomic mass is 10.2. The van der Waals surface area contributed by atoms with Crippen LogP contribution >= 0.6 is 0 Å². The van der Waals surface area contributed by atoms with E-state index >= 15 is 0 Å². The van der Waals surface area contributed by atoms with Crippen molar-refractivity contribution in [3.63, 3.8) is 0 Å². The number of esters is 1. The second-order valence-corrected chi connectivity index (χ2v) is 3.73. The molecule has 0 saturated heterocycles. The van der Waals surface area contributed by atoms with Gasteiger partial charge in [-0.25, -0.2) is 9.78 Å². The Balaban J connectivity index is 2.06. The van der Waals surface area contributed by atoms with E-state index in [1.54, 1.807) is 18.5 Å². The molecule has 5 nitrogen and oxygen atoms in total. The highest BCUT2D eigenvalue weighted by Crippen LogP contribution is 2.14. The number of nitrogens with zero attached hydrogens (tertiary/aromatic N) is 2. The van der Waals surface area contributed by atoms with Crippen LogP contribution in [0.1, 0.15) is 10.4 Å². The van der Waals surface area contributed by atoms with Crippen molar-refractivity contribution < 1.29 is 14.3 Å². The summed E-state index contributed by atoms with van der Waals surface area (Å²) >= 11 is 0. The van der Waals surface area contributed by atoms with Gasteiger partial charge in [-0.05, 0) is 18.2 Å². The maximum absolute atomic E-state index is 11.7. The quantitative estimate of drug-likeness (QED) is 0.459. The number of aromatic nitrogens is 2. The topological polar surface area (TPSA) is 53.4 Å². The smallest absolute Gasteiger partial charge is 0.338 e. The molecule has 5 heteroatoms. The van der Waals surface area contributed by atoms with Crippen molar-refractivity contribution in [1.82, 2.24) is 9.55 Å². The first kappa shape index (κ1) is 12.2. The second kappa shape index (κ2) is 5.35. The van der Waals surface area contributed by atoms with Crippen LogP contribution in [0.3, 0.4) is 0 Å². The number of hydrogen-bond donors (Lipinski definition) is 0. The van der Waals surface area contributed by atoms with Crippen molar-refractivity contribution in [2.24, 2.45) is 7.05 Å². The lowest BCUT2D eigenvalue weighted by Gasteiger charge is -2.04. The summed E-state index contributed by atoms with van der Waals surface area (Å²) in [5, 5.41) is 0. The summed E-state index contributed by atoms with van der Waals surface area (Å²) in [5.41, 5.74) is 2.23. The molecule has 0 atom stereocenters. The molecule has 18 heavy (non-hydrogen) atoms. The molecule has 2 rings (SSSR count). The summed E-state index contributed by atoms with van der Waals surface area (Å²) in [6.45, 7) is 3.90. The van der Waals surface area contributed by atoms with Gasteiger partial charge < -0.3 is 14.0 Å². The monoisotopic (exact) mass is 246 g/mol. The third kappa shape index (κ3) is 2.51. The molecule has 1 aromatic heterocycles. The molecule has 0 N–H and O–H groups in total. The fourth-order valence-electron chi connectivity index (χ4n) is 1.61. The van der Waals surface area contributed by atoms with Crippen molar-refractivity contribution in [3.05, 3.63) is 42.9 Å². The standard InChI is InChI=1S/C13H14N2O3/c1-3-17-6-7-18-13(16)10-4-5-12-11(8-10)14-9-15(12)2/h3-5,8-9H,1,6-7H2,2H3. The van der Waals surface area contributed by atoms with E-state index < -0.39 is 0 Å². The highest BCUT2D eigenvalue weighted by atomic mass is 16.6. The summed E-state index contributed by atoms with van der Waals surface area (Å²) in [5.74, 6) is -0.379. The SMILES string of the molecule is C=COCCOC(=O)c1ccc2c(c1)ncn2C. The predicted molar refractivity (Wildman–Crippen MR) is 67.1 cm³/mol. The van der Waals surface area contributed by atoms with Crippen LogP contribution in [0.5, 0.6) is 0 Å². The van der Waals surface area contributed by atoms with Crippen molar-refractivity contribution in [3.8, 4) is 0 Å². The highest BCUT2D eigenvalue weighted by Gasteiger charge is 2.09. The van der Waals surface area contributed by atoms with Gasteiger partial charge in [-0.1, -0.05) is 6.58 Å². The molecule has 2 aromatic rings. The normalized spacial score (nSPS) is 10.3. The zero-order chi connectivity index (χ0) is 13.0. The summed E-state index contributed by atoms with van der Waals surface area (Å²) < 4.78 is 11.8. The molecular weight excluding hydrogens is 232 g/mol. The average Bonchev–Trinajstić information content (AvgIpc) is 2.76. The van der Waals surface area contributed by atoms with Crippen molar-refractivity contribution in [2.45, 2.75) is 0 Å². The van der Waals surface area contributed by atoms with Crippen LogP contribution in [0.4, 0.5) is 0 Å². The largest absolute Gasteiger partial charge is 0.498 e. The van der Waals surface area contributed by atoms with Crippen LogP contribution in [-0.2, 0) is 16.5 Å². The van der Waals surface area contributed by atoms with Gasteiger partial charge in [-0.15, -0.1) is 0 Å². The zero-order valence-electron chi connectivity index (χ0n) is 10.1. The first-order valence-corrected chi connectivity index (χ1v) is 5.53. The molecule has 0 fully saturated rings. The number of carbonyl (C=O) groups is 1. The molecule has 0 amide bonds. The Morgan fingerprint density at radius 1 is 1.50 bits per heavy atom. The number of aryl methyl sites for hydroxylation is 1. The first-order valence-electron chi connectivity index (χ1n) is 5.53. The molecule has 0 aliphatic heterocycles. The minimum Gasteiger partial charge on any atom is -0.498 e. The molecule has 1 aromatic carbocycles. The average molecular weight is 246 g/mol. The van der Waals surface area contributed by atoms with Crippen LogP contribution in [0.15, 0.2) is 37.4 Å². The Morgan fingerprint density at radius 3 is 3.11 bits per heavy atom. The van der Waals surface area contributed by atoms with Gasteiger partial charge in [0.2, 0.25) is 0 Å². The molecule has 0 aliphatic rings. The molecule has 0 saturated carbocycles. The van der Waals surface area contributed by atoms with Gasteiger partial charge in [0, 0.05) is 7.05 Å². The third-order valence-electron chi connectivity index (χ3n) is 2.51. The van der Waals surface area contributed by atoms with E-state index in [0.717, 1.165) is 11.0 Å². The van der Waals surface area contributed by atoms with E-state index in [1.807, 2.05) is 17.7 Å². The van der Waals surface area contributed by atoms with Gasteiger partial charge in [-0.3, -0.25) is 0 Å². The molecular formula is C13H14N2O3. The molecule has 0 unspecified atom stereocenters. The van der Waals surface area contributed by atoms with Crippen LogP contribution in [0, 0.1) is 0 Å². The molecule has 0 aliphatic carbocycles. The number of ether oxygens (including phenoxy) is 2. The number of rotatable bonds is 5. The van der Waals surface area contributed by atoms with Crippen LogP contribution in [0.25, 0.3) is 11.0 Å². The maximum atomic E-state index is 11.7. The third-order valence-corrected chi connectivity index (χ3v) is 2.51. The van der Waals surface area contributed by atoms with E-state index in [4.69, 9.17) is 9.47 Å². The number of benzene rings is 1. The van der Waals surface area contributed by atoms with E-state index in [1.165, 1.54) is 6.26 Å². The highest BCUT2D eigenvalue weighted by molar-refractivity contribution is 5.93. The molecule has 0 bridgehead atoms. The van der Waals surface area contributed by atoms with E-state index in [0.29, 0.717) is 12.2 Å². The number of imidazole rings is 1. The molecule has 0 radical (unpaired) electrons. The van der Waals surface area contributed by atoms with Gasteiger partial charge in [0.05, 0.1) is 29.2 Å². The number of fused-ring (bicyclic) bond motifs is 1. The Bertz CT molecular complexity index is 575. The lowest BCUT2D eigenvalue weighted by Crippen LogP contribution is -2.09. The molecule has 0 spiro atoms. The summed E-state index contributed by atoms with van der Waals surface area (Å²) in [6, 6.07) is 5.28. The number of hydrogen-bond acceptors (Lipinski definition) is 4. The number of carbonyl (C=O) groups excluding carboxylic acids is 1. The maximum Gasteiger partial charge on any atom is 0.338 e. The predicted octanol–water partition coefficient (Wildman–Crippen LogP) is 1.89. The van der Waals surface area contributed by atoms with E-state index in [2.05, 4.69) is 11.6 Å². The van der Waals surface area contributed by atoms with E-state index in [-0.39, 0.29) is 12.6 Å². The molecule has 94 valence electrons. The van der Waals surface area contributed by atoms with Gasteiger partial charge in [-0.2, -0.15) is 0 Å². The molecule has 1 heterocycles. The van der Waals surface area contributed by atoms with Crippen molar-refractivity contribution in [2.75, 3.05) is 13.2 Å². The summed E-state index contributed by atoms with van der Waals surface area (Å²) in [4.78, 5) is 15.9.